The maximum Gasteiger partial charge on any atom is 0.122 e. The maximum absolute atomic E-state index is 6.43. The van der Waals surface area contributed by atoms with Crippen LogP contribution in [0.15, 0.2) is 28.7 Å². The molecule has 0 spiro atoms. The minimum Gasteiger partial charge on any atom is -0.493 e. The number of hydrogen-bond acceptors (Lipinski definition) is 3. The Morgan fingerprint density at radius 2 is 2.25 bits per heavy atom. The first-order valence-electron chi connectivity index (χ1n) is 6.73. The number of aryl methyl sites for hydroxylation is 2. The van der Waals surface area contributed by atoms with Crippen LogP contribution in [0.1, 0.15) is 22.9 Å². The molecule has 0 radical (unpaired) electrons. The summed E-state index contributed by atoms with van der Waals surface area (Å²) in [5.74, 6) is 1.21. The van der Waals surface area contributed by atoms with Gasteiger partial charge in [-0.05, 0) is 28.9 Å². The zero-order chi connectivity index (χ0) is 14.3. The molecule has 2 aromatic rings. The normalized spacial score (nSPS) is 18.7. The third kappa shape index (κ3) is 2.25. The predicted octanol–water partition coefficient (Wildman–Crippen LogP) is 2.54. The third-order valence-electron chi connectivity index (χ3n) is 3.94. The van der Waals surface area contributed by atoms with Crippen LogP contribution in [0.5, 0.6) is 5.75 Å². The summed E-state index contributed by atoms with van der Waals surface area (Å²) >= 11 is 3.60. The van der Waals surface area contributed by atoms with E-state index in [4.69, 9.17) is 10.5 Å². The number of benzene rings is 1. The number of rotatable bonds is 3. The van der Waals surface area contributed by atoms with Crippen LogP contribution >= 0.6 is 15.9 Å². The monoisotopic (exact) mass is 335 g/mol. The highest BCUT2D eigenvalue weighted by molar-refractivity contribution is 9.10. The number of hydrogen-bond donors (Lipinski definition) is 1. The second-order valence-electron chi connectivity index (χ2n) is 5.29. The van der Waals surface area contributed by atoms with Crippen LogP contribution in [0.4, 0.5) is 0 Å². The minimum atomic E-state index is 0.0183. The van der Waals surface area contributed by atoms with E-state index < -0.39 is 0 Å². The minimum absolute atomic E-state index is 0.0183. The van der Waals surface area contributed by atoms with Crippen molar-refractivity contribution < 1.29 is 4.74 Å². The van der Waals surface area contributed by atoms with E-state index in [9.17, 15) is 0 Å². The molecule has 2 atom stereocenters. The lowest BCUT2D eigenvalue weighted by atomic mass is 9.91. The second kappa shape index (κ2) is 5.22. The summed E-state index contributed by atoms with van der Waals surface area (Å²) in [7, 11) is 1.96. The molecule has 3 rings (SSSR count). The van der Waals surface area contributed by atoms with Gasteiger partial charge in [0.25, 0.3) is 0 Å². The van der Waals surface area contributed by atoms with Crippen LogP contribution in [-0.2, 0) is 13.5 Å². The molecule has 0 aliphatic carbocycles. The molecule has 5 heteroatoms. The van der Waals surface area contributed by atoms with Crippen molar-refractivity contribution in [3.05, 3.63) is 45.7 Å². The number of para-hydroxylation sites is 1. The Morgan fingerprint density at radius 3 is 2.95 bits per heavy atom. The van der Waals surface area contributed by atoms with Gasteiger partial charge in [0.1, 0.15) is 5.75 Å². The van der Waals surface area contributed by atoms with E-state index in [-0.39, 0.29) is 12.0 Å². The molecule has 2 heterocycles. The Morgan fingerprint density at radius 1 is 1.50 bits per heavy atom. The fourth-order valence-corrected chi connectivity index (χ4v) is 3.31. The molecule has 1 aromatic carbocycles. The van der Waals surface area contributed by atoms with Crippen LogP contribution in [0.2, 0.25) is 0 Å². The Bertz CT molecular complexity index is 638. The van der Waals surface area contributed by atoms with Crippen molar-refractivity contribution in [1.82, 2.24) is 9.78 Å². The van der Waals surface area contributed by atoms with Gasteiger partial charge in [-0.15, -0.1) is 0 Å². The largest absolute Gasteiger partial charge is 0.493 e. The van der Waals surface area contributed by atoms with E-state index in [0.717, 1.165) is 28.0 Å². The number of nitrogens with zero attached hydrogens (tertiary/aromatic N) is 2. The van der Waals surface area contributed by atoms with Crippen molar-refractivity contribution in [2.45, 2.75) is 25.3 Å². The van der Waals surface area contributed by atoms with Crippen LogP contribution < -0.4 is 10.5 Å². The number of ether oxygens (including phenoxy) is 1. The lowest BCUT2D eigenvalue weighted by molar-refractivity contribution is 0.312. The van der Waals surface area contributed by atoms with E-state index in [2.05, 4.69) is 27.1 Å². The molecule has 20 heavy (non-hydrogen) atoms. The Balaban J connectivity index is 1.83. The van der Waals surface area contributed by atoms with Crippen LogP contribution in [0.3, 0.4) is 0 Å². The SMILES string of the molecule is Cc1nn(C)c(CC(N)C2COc3ccccc32)c1Br. The number of halogens is 1. The smallest absolute Gasteiger partial charge is 0.122 e. The van der Waals surface area contributed by atoms with Gasteiger partial charge < -0.3 is 10.5 Å². The van der Waals surface area contributed by atoms with E-state index in [1.54, 1.807) is 0 Å². The molecule has 0 saturated carbocycles. The molecule has 0 bridgehead atoms. The molecule has 106 valence electrons. The van der Waals surface area contributed by atoms with Crippen LogP contribution in [0.25, 0.3) is 0 Å². The zero-order valence-electron chi connectivity index (χ0n) is 11.6. The first-order chi connectivity index (χ1) is 9.58. The quantitative estimate of drug-likeness (QED) is 0.937. The first kappa shape index (κ1) is 13.6. The van der Waals surface area contributed by atoms with Gasteiger partial charge in [-0.3, -0.25) is 4.68 Å². The fourth-order valence-electron chi connectivity index (χ4n) is 2.81. The number of nitrogens with two attached hydrogens (primary N) is 1. The molecule has 0 amide bonds. The summed E-state index contributed by atoms with van der Waals surface area (Å²) < 4.78 is 8.68. The molecule has 1 aromatic heterocycles. The number of aromatic nitrogens is 2. The van der Waals surface area contributed by atoms with Gasteiger partial charge >= 0.3 is 0 Å². The van der Waals surface area contributed by atoms with Gasteiger partial charge in [-0.25, -0.2) is 0 Å². The highest BCUT2D eigenvalue weighted by Gasteiger charge is 2.30. The second-order valence-corrected chi connectivity index (χ2v) is 6.09. The summed E-state index contributed by atoms with van der Waals surface area (Å²) in [4.78, 5) is 0. The standard InChI is InChI=1S/C15H18BrN3O/c1-9-15(16)13(19(2)18-9)7-12(17)11-8-20-14-6-4-3-5-10(11)14/h3-6,11-12H,7-8,17H2,1-2H3. The summed E-state index contributed by atoms with van der Waals surface area (Å²) in [6, 6.07) is 8.16. The molecule has 1 aliphatic heterocycles. The van der Waals surface area contributed by atoms with Crippen molar-refractivity contribution in [2.24, 2.45) is 12.8 Å². The summed E-state index contributed by atoms with van der Waals surface area (Å²) in [6.45, 7) is 2.65. The van der Waals surface area contributed by atoms with Crippen LogP contribution in [0, 0.1) is 6.92 Å². The number of fused-ring (bicyclic) bond motifs is 1. The van der Waals surface area contributed by atoms with E-state index in [1.165, 1.54) is 5.56 Å². The fraction of sp³-hybridized carbons (Fsp3) is 0.400. The molecule has 0 saturated heterocycles. The summed E-state index contributed by atoms with van der Waals surface area (Å²) in [5, 5.41) is 4.42. The Kier molecular flexibility index (Phi) is 3.56. The Hall–Kier alpha value is -1.33. The van der Waals surface area contributed by atoms with Crippen molar-refractivity contribution >= 4 is 15.9 Å². The average Bonchev–Trinajstić information content (AvgIpc) is 2.96. The van der Waals surface area contributed by atoms with Crippen molar-refractivity contribution in [3.63, 3.8) is 0 Å². The molecule has 2 unspecified atom stereocenters. The predicted molar refractivity (Wildman–Crippen MR) is 82.0 cm³/mol. The zero-order valence-corrected chi connectivity index (χ0v) is 13.2. The van der Waals surface area contributed by atoms with E-state index in [1.807, 2.05) is 36.9 Å². The summed E-state index contributed by atoms with van der Waals surface area (Å²) in [5.41, 5.74) is 9.78. The van der Waals surface area contributed by atoms with Gasteiger partial charge in [0, 0.05) is 31.0 Å². The molecule has 1 aliphatic rings. The highest BCUT2D eigenvalue weighted by Crippen LogP contribution is 2.36. The average molecular weight is 336 g/mol. The van der Waals surface area contributed by atoms with Crippen molar-refractivity contribution in [1.29, 1.82) is 0 Å². The lowest BCUT2D eigenvalue weighted by Crippen LogP contribution is -2.32. The molecule has 4 nitrogen and oxygen atoms in total. The molecular formula is C15H18BrN3O. The van der Waals surface area contributed by atoms with Crippen molar-refractivity contribution in [3.8, 4) is 5.75 Å². The maximum atomic E-state index is 6.43. The highest BCUT2D eigenvalue weighted by atomic mass is 79.9. The summed E-state index contributed by atoms with van der Waals surface area (Å²) in [6.07, 6.45) is 0.778. The topological polar surface area (TPSA) is 53.1 Å². The van der Waals surface area contributed by atoms with Crippen molar-refractivity contribution in [2.75, 3.05) is 6.61 Å². The van der Waals surface area contributed by atoms with Gasteiger partial charge in [0.15, 0.2) is 0 Å². The van der Waals surface area contributed by atoms with Crippen LogP contribution in [-0.4, -0.2) is 22.4 Å². The Labute approximate surface area is 127 Å². The van der Waals surface area contributed by atoms with E-state index in [0.29, 0.717) is 6.61 Å². The molecule has 0 fully saturated rings. The molecule has 2 N–H and O–H groups in total. The van der Waals surface area contributed by atoms with Gasteiger partial charge in [-0.1, -0.05) is 18.2 Å². The van der Waals surface area contributed by atoms with Gasteiger partial charge in [0.05, 0.1) is 22.5 Å². The third-order valence-corrected chi connectivity index (χ3v) is 4.98. The lowest BCUT2D eigenvalue weighted by Gasteiger charge is -2.18. The first-order valence-corrected chi connectivity index (χ1v) is 7.52. The molecular weight excluding hydrogens is 318 g/mol. The van der Waals surface area contributed by atoms with Gasteiger partial charge in [0.2, 0.25) is 0 Å². The van der Waals surface area contributed by atoms with E-state index >= 15 is 0 Å². The van der Waals surface area contributed by atoms with Gasteiger partial charge in [-0.2, -0.15) is 5.10 Å².